The van der Waals surface area contributed by atoms with E-state index in [-0.39, 0.29) is 0 Å². The van der Waals surface area contributed by atoms with Crippen LogP contribution < -0.4 is 9.46 Å². The molecule has 0 bridgehead atoms. The molecule has 1 aromatic heterocycles. The molecule has 0 aliphatic heterocycles. The maximum absolute atomic E-state index is 11.4. The van der Waals surface area contributed by atoms with Crippen molar-refractivity contribution < 1.29 is 13.2 Å². The minimum Gasteiger partial charge on any atom is -0.497 e. The number of rotatable bonds is 5. The van der Waals surface area contributed by atoms with Crippen molar-refractivity contribution in [2.75, 3.05) is 13.4 Å². The lowest BCUT2D eigenvalue weighted by molar-refractivity contribution is 0.394. The molecule has 0 aliphatic carbocycles. The monoisotopic (exact) mass is 329 g/mol. The minimum atomic E-state index is -3.29. The quantitative estimate of drug-likeness (QED) is 0.823. The Kier molecular flexibility index (Phi) is 4.14. The second kappa shape index (κ2) is 5.43. The van der Waals surface area contributed by atoms with Gasteiger partial charge in [0.2, 0.25) is 10.0 Å². The van der Waals surface area contributed by atoms with E-state index in [4.69, 9.17) is 17.0 Å². The van der Waals surface area contributed by atoms with Gasteiger partial charge in [0.25, 0.3) is 0 Å². The molecule has 21 heavy (non-hydrogen) atoms. The number of ether oxygens (including phenoxy) is 1. The van der Waals surface area contributed by atoms with Crippen molar-refractivity contribution in [3.05, 3.63) is 23.0 Å². The van der Waals surface area contributed by atoms with Crippen LogP contribution in [0, 0.1) is 4.77 Å². The van der Waals surface area contributed by atoms with Gasteiger partial charge in [-0.1, -0.05) is 0 Å². The van der Waals surface area contributed by atoms with E-state index in [9.17, 15) is 8.42 Å². The summed E-state index contributed by atoms with van der Waals surface area (Å²) < 4.78 is 33.1. The summed E-state index contributed by atoms with van der Waals surface area (Å²) in [6.07, 6.45) is 1.15. The number of fused-ring (bicyclic) bond motifs is 1. The second-order valence-corrected chi connectivity index (χ2v) is 7.79. The summed E-state index contributed by atoms with van der Waals surface area (Å²) in [6, 6.07) is 5.61. The van der Waals surface area contributed by atoms with E-state index in [0.29, 0.717) is 11.3 Å². The largest absolute Gasteiger partial charge is 0.497 e. The van der Waals surface area contributed by atoms with Crippen molar-refractivity contribution in [1.82, 2.24) is 14.3 Å². The van der Waals surface area contributed by atoms with Crippen LogP contribution in [0.3, 0.4) is 0 Å². The molecule has 0 amide bonds. The van der Waals surface area contributed by atoms with Gasteiger partial charge in [0.1, 0.15) is 5.75 Å². The fourth-order valence-electron chi connectivity index (χ4n) is 2.36. The lowest BCUT2D eigenvalue weighted by atomic mass is 10.1. The van der Waals surface area contributed by atoms with Gasteiger partial charge >= 0.3 is 0 Å². The SMILES string of the molecule is COc1ccc2c(c1)[nH]c(=S)n2CC(C)(C)NS(C)(=O)=O. The molecular weight excluding hydrogens is 310 g/mol. The van der Waals surface area contributed by atoms with Gasteiger partial charge in [0.15, 0.2) is 4.77 Å². The van der Waals surface area contributed by atoms with E-state index in [2.05, 4.69) is 9.71 Å². The van der Waals surface area contributed by atoms with Crippen LogP contribution in [0.1, 0.15) is 13.8 Å². The van der Waals surface area contributed by atoms with Crippen LogP contribution in [0.25, 0.3) is 11.0 Å². The van der Waals surface area contributed by atoms with Crippen LogP contribution >= 0.6 is 12.2 Å². The number of hydrogen-bond acceptors (Lipinski definition) is 4. The third-order valence-electron chi connectivity index (χ3n) is 3.00. The first-order valence-corrected chi connectivity index (χ1v) is 8.67. The first-order valence-electron chi connectivity index (χ1n) is 6.37. The summed E-state index contributed by atoms with van der Waals surface area (Å²) in [5.74, 6) is 0.736. The van der Waals surface area contributed by atoms with Crippen molar-refractivity contribution >= 4 is 33.3 Å². The molecule has 0 atom stereocenters. The molecule has 2 N–H and O–H groups in total. The van der Waals surface area contributed by atoms with Gasteiger partial charge in [-0.05, 0) is 38.2 Å². The number of benzene rings is 1. The fraction of sp³-hybridized carbons (Fsp3) is 0.462. The van der Waals surface area contributed by atoms with Crippen molar-refractivity contribution in [3.63, 3.8) is 0 Å². The standard InChI is InChI=1S/C13H19N3O3S2/c1-13(2,15-21(4,17)18)8-16-11-6-5-9(19-3)7-10(11)14-12(16)20/h5-7,15H,8H2,1-4H3,(H,14,20). The third-order valence-corrected chi connectivity index (χ3v) is 4.24. The average molecular weight is 329 g/mol. The topological polar surface area (TPSA) is 76.1 Å². The number of sulfonamides is 1. The second-order valence-electron chi connectivity index (χ2n) is 5.66. The minimum absolute atomic E-state index is 0.422. The number of nitrogens with one attached hydrogen (secondary N) is 2. The number of imidazole rings is 1. The van der Waals surface area contributed by atoms with Gasteiger partial charge in [-0.25, -0.2) is 13.1 Å². The maximum Gasteiger partial charge on any atom is 0.209 e. The normalized spacial score (nSPS) is 12.8. The van der Waals surface area contributed by atoms with Crippen LogP contribution in [0.5, 0.6) is 5.75 Å². The van der Waals surface area contributed by atoms with Crippen LogP contribution in [-0.4, -0.2) is 36.9 Å². The number of H-pyrrole nitrogens is 1. The summed E-state index contributed by atoms with van der Waals surface area (Å²) in [5, 5.41) is 0. The lowest BCUT2D eigenvalue weighted by Crippen LogP contribution is -2.46. The fourth-order valence-corrected chi connectivity index (χ4v) is 3.70. The first-order chi connectivity index (χ1) is 9.61. The molecule has 1 heterocycles. The number of aromatic nitrogens is 2. The molecular formula is C13H19N3O3S2. The zero-order chi connectivity index (χ0) is 15.8. The highest BCUT2D eigenvalue weighted by Crippen LogP contribution is 2.22. The van der Waals surface area contributed by atoms with E-state index < -0.39 is 15.6 Å². The molecule has 0 fully saturated rings. The predicted octanol–water partition coefficient (Wildman–Crippen LogP) is 2.04. The maximum atomic E-state index is 11.4. The molecule has 0 spiro atoms. The summed E-state index contributed by atoms with van der Waals surface area (Å²) in [6.45, 7) is 4.06. The highest BCUT2D eigenvalue weighted by Gasteiger charge is 2.24. The molecule has 6 nitrogen and oxygen atoms in total. The van der Waals surface area contributed by atoms with E-state index >= 15 is 0 Å². The molecule has 1 aromatic carbocycles. The van der Waals surface area contributed by atoms with Gasteiger partial charge < -0.3 is 14.3 Å². The van der Waals surface area contributed by atoms with Gasteiger partial charge in [-0.15, -0.1) is 0 Å². The van der Waals surface area contributed by atoms with Crippen LogP contribution in [0.4, 0.5) is 0 Å². The molecule has 116 valence electrons. The Labute approximate surface area is 129 Å². The van der Waals surface area contributed by atoms with Crippen molar-refractivity contribution in [1.29, 1.82) is 0 Å². The van der Waals surface area contributed by atoms with Gasteiger partial charge in [-0.3, -0.25) is 0 Å². The smallest absolute Gasteiger partial charge is 0.209 e. The molecule has 2 aromatic rings. The van der Waals surface area contributed by atoms with Gasteiger partial charge in [0.05, 0.1) is 24.4 Å². The summed E-state index contributed by atoms with van der Waals surface area (Å²) in [7, 11) is -1.69. The molecule has 0 saturated carbocycles. The Morgan fingerprint density at radius 3 is 2.67 bits per heavy atom. The molecule has 0 saturated heterocycles. The highest BCUT2D eigenvalue weighted by molar-refractivity contribution is 7.88. The molecule has 2 rings (SSSR count). The number of hydrogen-bond donors (Lipinski definition) is 2. The number of methoxy groups -OCH3 is 1. The van der Waals surface area contributed by atoms with Crippen LogP contribution in [-0.2, 0) is 16.6 Å². The Bertz CT molecular complexity index is 819. The summed E-state index contributed by atoms with van der Waals surface area (Å²) in [4.78, 5) is 3.11. The van der Waals surface area contributed by atoms with Crippen molar-refractivity contribution in [2.45, 2.75) is 25.9 Å². The highest BCUT2D eigenvalue weighted by atomic mass is 32.2. The number of nitrogens with zero attached hydrogens (tertiary/aromatic N) is 1. The van der Waals surface area contributed by atoms with Crippen molar-refractivity contribution in [2.24, 2.45) is 0 Å². The van der Waals surface area contributed by atoms with E-state index in [0.717, 1.165) is 23.0 Å². The average Bonchev–Trinajstić information content (AvgIpc) is 2.61. The Balaban J connectivity index is 2.43. The lowest BCUT2D eigenvalue weighted by Gasteiger charge is -2.25. The van der Waals surface area contributed by atoms with E-state index in [1.54, 1.807) is 7.11 Å². The first kappa shape index (κ1) is 16.0. The predicted molar refractivity (Wildman–Crippen MR) is 85.7 cm³/mol. The Morgan fingerprint density at radius 1 is 1.43 bits per heavy atom. The van der Waals surface area contributed by atoms with E-state index in [1.807, 2.05) is 36.6 Å². The molecule has 0 aliphatic rings. The van der Waals surface area contributed by atoms with Crippen molar-refractivity contribution in [3.8, 4) is 5.75 Å². The van der Waals surface area contributed by atoms with E-state index in [1.165, 1.54) is 0 Å². The Hall–Kier alpha value is -1.38. The van der Waals surface area contributed by atoms with Gasteiger partial charge in [0, 0.05) is 18.2 Å². The molecule has 8 heteroatoms. The summed E-state index contributed by atoms with van der Waals surface area (Å²) >= 11 is 5.33. The zero-order valence-electron chi connectivity index (χ0n) is 12.4. The zero-order valence-corrected chi connectivity index (χ0v) is 14.1. The summed E-state index contributed by atoms with van der Waals surface area (Å²) in [5.41, 5.74) is 1.11. The van der Waals surface area contributed by atoms with Gasteiger partial charge in [-0.2, -0.15) is 0 Å². The van der Waals surface area contributed by atoms with Crippen LogP contribution in [0.15, 0.2) is 18.2 Å². The molecule has 0 radical (unpaired) electrons. The number of aromatic amines is 1. The molecule has 0 unspecified atom stereocenters. The Morgan fingerprint density at radius 2 is 2.10 bits per heavy atom. The van der Waals surface area contributed by atoms with Crippen LogP contribution in [0.2, 0.25) is 0 Å². The third kappa shape index (κ3) is 3.84.